The molecule has 0 fully saturated rings. The number of aryl methyl sites for hydroxylation is 2. The van der Waals surface area contributed by atoms with E-state index in [9.17, 15) is 14.4 Å². The number of benzene rings is 1. The zero-order valence-electron chi connectivity index (χ0n) is 16.8. The van der Waals surface area contributed by atoms with Crippen LogP contribution in [0.2, 0.25) is 5.02 Å². The van der Waals surface area contributed by atoms with E-state index in [0.717, 1.165) is 5.56 Å². The predicted octanol–water partition coefficient (Wildman–Crippen LogP) is 2.22. The average molecular weight is 433 g/mol. The fourth-order valence-electron chi connectivity index (χ4n) is 3.14. The number of rotatable bonds is 7. The molecule has 9 nitrogen and oxygen atoms in total. The minimum atomic E-state index is -1.09. The summed E-state index contributed by atoms with van der Waals surface area (Å²) in [5.41, 5.74) is 0.673. The summed E-state index contributed by atoms with van der Waals surface area (Å²) in [6, 6.07) is 4.92. The van der Waals surface area contributed by atoms with Gasteiger partial charge in [-0.05, 0) is 37.6 Å². The van der Waals surface area contributed by atoms with Crippen molar-refractivity contribution in [2.45, 2.75) is 26.9 Å². The molecule has 0 radical (unpaired) electrons. The molecule has 0 saturated carbocycles. The Bertz CT molecular complexity index is 1270. The molecule has 1 N–H and O–H groups in total. The average Bonchev–Trinajstić information content (AvgIpc) is 3.02. The van der Waals surface area contributed by atoms with Gasteiger partial charge in [-0.2, -0.15) is 0 Å². The molecule has 10 heteroatoms. The third-order valence-electron chi connectivity index (χ3n) is 4.64. The highest BCUT2D eigenvalue weighted by atomic mass is 35.5. The largest absolute Gasteiger partial charge is 0.480 e. The Hall–Kier alpha value is -3.33. The number of carboxylic acid groups (broad SMARTS) is 1. The molecular weight excluding hydrogens is 412 g/mol. The Morgan fingerprint density at radius 2 is 1.90 bits per heavy atom. The molecule has 0 aliphatic rings. The van der Waals surface area contributed by atoms with Gasteiger partial charge in [0, 0.05) is 20.1 Å². The molecule has 0 spiro atoms. The molecule has 0 aliphatic carbocycles. The van der Waals surface area contributed by atoms with Crippen LogP contribution in [0.4, 0.5) is 0 Å². The first kappa shape index (κ1) is 21.4. The second kappa shape index (κ2) is 8.58. The minimum Gasteiger partial charge on any atom is -0.480 e. The van der Waals surface area contributed by atoms with E-state index in [-0.39, 0.29) is 28.6 Å². The van der Waals surface area contributed by atoms with Crippen LogP contribution < -0.4 is 16.0 Å². The highest BCUT2D eigenvalue weighted by molar-refractivity contribution is 6.32. The quantitative estimate of drug-likeness (QED) is 0.613. The summed E-state index contributed by atoms with van der Waals surface area (Å²) < 4.78 is 9.42. The normalized spacial score (nSPS) is 11.5. The van der Waals surface area contributed by atoms with Crippen LogP contribution >= 0.6 is 11.6 Å². The van der Waals surface area contributed by atoms with E-state index in [1.54, 1.807) is 48.9 Å². The van der Waals surface area contributed by atoms with Gasteiger partial charge in [0.25, 0.3) is 5.56 Å². The summed E-state index contributed by atoms with van der Waals surface area (Å²) in [4.78, 5) is 40.4. The van der Waals surface area contributed by atoms with Gasteiger partial charge in [0.1, 0.15) is 11.6 Å². The lowest BCUT2D eigenvalue weighted by Gasteiger charge is -2.08. The number of fused-ring (bicyclic) bond motifs is 1. The Labute approximate surface area is 176 Å². The molecule has 2 aromatic heterocycles. The number of nitrogens with zero attached hydrogens (tertiary/aromatic N) is 4. The van der Waals surface area contributed by atoms with Gasteiger partial charge in [0.05, 0.1) is 5.02 Å². The first-order chi connectivity index (χ1) is 14.3. The number of aliphatic carboxylic acids is 1. The van der Waals surface area contributed by atoms with Crippen molar-refractivity contribution >= 4 is 40.9 Å². The maximum absolute atomic E-state index is 12.7. The molecule has 0 amide bonds. The maximum Gasteiger partial charge on any atom is 0.341 e. The van der Waals surface area contributed by atoms with Crippen molar-refractivity contribution < 1.29 is 14.6 Å². The summed E-state index contributed by atoms with van der Waals surface area (Å²) in [5, 5.41) is 8.96. The molecule has 3 aromatic rings. The van der Waals surface area contributed by atoms with Crippen molar-refractivity contribution in [3.63, 3.8) is 0 Å². The molecule has 30 heavy (non-hydrogen) atoms. The highest BCUT2D eigenvalue weighted by Gasteiger charge is 2.17. The van der Waals surface area contributed by atoms with Crippen LogP contribution in [0.15, 0.2) is 27.8 Å². The van der Waals surface area contributed by atoms with Gasteiger partial charge in [-0.1, -0.05) is 23.7 Å². The third kappa shape index (κ3) is 3.88. The molecule has 2 heterocycles. The van der Waals surface area contributed by atoms with Gasteiger partial charge in [0.2, 0.25) is 0 Å². The second-order valence-electron chi connectivity index (χ2n) is 6.48. The number of halogens is 1. The Morgan fingerprint density at radius 1 is 1.20 bits per heavy atom. The number of aromatic nitrogens is 4. The summed E-state index contributed by atoms with van der Waals surface area (Å²) in [5.74, 6) is -0.324. The van der Waals surface area contributed by atoms with E-state index < -0.39 is 12.6 Å². The van der Waals surface area contributed by atoms with Gasteiger partial charge in [-0.3, -0.25) is 13.9 Å². The number of hydrogen-bond acceptors (Lipinski definition) is 5. The molecular formula is C20H21ClN4O5. The smallest absolute Gasteiger partial charge is 0.341 e. The number of imidazole rings is 1. The summed E-state index contributed by atoms with van der Waals surface area (Å²) in [7, 11) is 1.72. The summed E-state index contributed by atoms with van der Waals surface area (Å²) in [6.45, 7) is 3.76. The van der Waals surface area contributed by atoms with Gasteiger partial charge in [-0.15, -0.1) is 0 Å². The lowest BCUT2D eigenvalue weighted by molar-refractivity contribution is -0.139. The van der Waals surface area contributed by atoms with Crippen LogP contribution in [0.3, 0.4) is 0 Å². The minimum absolute atomic E-state index is 0.269. The van der Waals surface area contributed by atoms with Crippen molar-refractivity contribution in [2.75, 3.05) is 6.61 Å². The molecule has 1 aromatic carbocycles. The molecule has 3 rings (SSSR count). The zero-order valence-corrected chi connectivity index (χ0v) is 17.5. The van der Waals surface area contributed by atoms with E-state index in [0.29, 0.717) is 23.5 Å². The first-order valence-corrected chi connectivity index (χ1v) is 9.68. The molecule has 0 bridgehead atoms. The topological polar surface area (TPSA) is 108 Å². The van der Waals surface area contributed by atoms with E-state index in [1.807, 2.05) is 6.92 Å². The fourth-order valence-corrected chi connectivity index (χ4v) is 3.38. The first-order valence-electron chi connectivity index (χ1n) is 9.30. The molecule has 158 valence electrons. The molecule has 0 unspecified atom stereocenters. The van der Waals surface area contributed by atoms with Crippen molar-refractivity contribution in [3.8, 4) is 5.75 Å². The zero-order chi connectivity index (χ0) is 22.0. The standard InChI is InChI=1S/C20H21ClN4O5/c1-4-24-18-17(19(28)25(5-2)20(24)29)23(3)15(22-18)9-7-12-6-8-14(13(21)10-12)30-11-16(26)27/h6-10H,4-5,11H2,1-3H3,(H,26,27)/b9-7+. The van der Waals surface area contributed by atoms with Crippen LogP contribution in [0.5, 0.6) is 5.75 Å². The van der Waals surface area contributed by atoms with Crippen molar-refractivity contribution in [3.05, 3.63) is 55.4 Å². The number of carboxylic acids is 1. The van der Waals surface area contributed by atoms with Crippen molar-refractivity contribution in [2.24, 2.45) is 7.05 Å². The molecule has 0 atom stereocenters. The Balaban J connectivity index is 2.01. The van der Waals surface area contributed by atoms with Crippen LogP contribution in [-0.4, -0.2) is 36.4 Å². The number of hydrogen-bond donors (Lipinski definition) is 1. The van der Waals surface area contributed by atoms with Gasteiger partial charge in [-0.25, -0.2) is 14.6 Å². The van der Waals surface area contributed by atoms with Crippen LogP contribution in [0, 0.1) is 0 Å². The summed E-state index contributed by atoms with van der Waals surface area (Å²) in [6.07, 6.45) is 3.46. The molecule has 0 saturated heterocycles. The van der Waals surface area contributed by atoms with E-state index in [2.05, 4.69) is 4.98 Å². The Morgan fingerprint density at radius 3 is 2.50 bits per heavy atom. The lowest BCUT2D eigenvalue weighted by atomic mass is 10.2. The monoisotopic (exact) mass is 432 g/mol. The summed E-state index contributed by atoms with van der Waals surface area (Å²) >= 11 is 6.15. The van der Waals surface area contributed by atoms with Gasteiger partial charge < -0.3 is 14.4 Å². The fraction of sp³-hybridized carbons (Fsp3) is 0.300. The van der Waals surface area contributed by atoms with Crippen LogP contribution in [-0.2, 0) is 24.9 Å². The third-order valence-corrected chi connectivity index (χ3v) is 4.94. The Kier molecular flexibility index (Phi) is 6.12. The number of ether oxygens (including phenoxy) is 1. The predicted molar refractivity (Wildman–Crippen MR) is 114 cm³/mol. The van der Waals surface area contributed by atoms with Crippen molar-refractivity contribution in [1.29, 1.82) is 0 Å². The van der Waals surface area contributed by atoms with Crippen LogP contribution in [0.1, 0.15) is 25.2 Å². The van der Waals surface area contributed by atoms with Crippen LogP contribution in [0.25, 0.3) is 23.3 Å². The van der Waals surface area contributed by atoms with Crippen molar-refractivity contribution in [1.82, 2.24) is 18.7 Å². The molecule has 0 aliphatic heterocycles. The van der Waals surface area contributed by atoms with E-state index in [1.165, 1.54) is 9.13 Å². The van der Waals surface area contributed by atoms with Gasteiger partial charge >= 0.3 is 11.7 Å². The van der Waals surface area contributed by atoms with Gasteiger partial charge in [0.15, 0.2) is 17.8 Å². The SMILES string of the molecule is CCn1c(=O)c2c(nc(/C=C/c3ccc(OCC(=O)O)c(Cl)c3)n2C)n(CC)c1=O. The highest BCUT2D eigenvalue weighted by Crippen LogP contribution is 2.26. The second-order valence-corrected chi connectivity index (χ2v) is 6.89. The maximum atomic E-state index is 12.7. The lowest BCUT2D eigenvalue weighted by Crippen LogP contribution is -2.39. The number of carbonyl (C=O) groups is 1. The van der Waals surface area contributed by atoms with E-state index in [4.69, 9.17) is 21.4 Å². The van der Waals surface area contributed by atoms with E-state index >= 15 is 0 Å².